The van der Waals surface area contributed by atoms with E-state index in [1.54, 1.807) is 28.4 Å². The van der Waals surface area contributed by atoms with E-state index >= 15 is 0 Å². The largest absolute Gasteiger partial charge is 0.493 e. The summed E-state index contributed by atoms with van der Waals surface area (Å²) in [6.07, 6.45) is 2.52. The first-order valence-corrected chi connectivity index (χ1v) is 10.2. The van der Waals surface area contributed by atoms with Crippen LogP contribution in [0.5, 0.6) is 23.0 Å². The van der Waals surface area contributed by atoms with Crippen LogP contribution in [0.2, 0.25) is 0 Å². The number of ether oxygens (including phenoxy) is 4. The van der Waals surface area contributed by atoms with Crippen molar-refractivity contribution < 1.29 is 18.9 Å². The number of hydrogen-bond acceptors (Lipinski definition) is 6. The van der Waals surface area contributed by atoms with Crippen molar-refractivity contribution in [1.82, 2.24) is 4.90 Å². The summed E-state index contributed by atoms with van der Waals surface area (Å²) in [5.41, 5.74) is 1.73. The molecule has 1 aliphatic rings. The Bertz CT molecular complexity index is 905. The minimum Gasteiger partial charge on any atom is -0.493 e. The Morgan fingerprint density at radius 1 is 0.839 bits per heavy atom. The molecule has 0 aliphatic carbocycles. The third-order valence-electron chi connectivity index (χ3n) is 6.02. The van der Waals surface area contributed by atoms with Crippen molar-refractivity contribution in [1.29, 1.82) is 5.26 Å². The molecule has 3 rings (SSSR count). The fraction of sp³-hybridized carbons (Fsp3) is 0.458. The number of rotatable bonds is 8. The van der Waals surface area contributed by atoms with Gasteiger partial charge in [-0.25, -0.2) is 0 Å². The highest BCUT2D eigenvalue weighted by molar-refractivity contribution is 5.85. The standard InChI is InChI=1S/C24H30N2O4.ClH/c1-27-20-7-5-18(15-22(20)29-3)9-12-26-13-10-24(17-25,11-14-26)19-6-8-21(28-2)23(16-19)30-4;/h5-8,15-16H,9-14H2,1-4H3;1H. The molecular formula is C24H31ClN2O4. The summed E-state index contributed by atoms with van der Waals surface area (Å²) >= 11 is 0. The van der Waals surface area contributed by atoms with Gasteiger partial charge < -0.3 is 23.8 Å². The molecule has 7 heteroatoms. The van der Waals surface area contributed by atoms with E-state index in [0.717, 1.165) is 56.0 Å². The molecule has 2 aromatic rings. The average molecular weight is 447 g/mol. The molecule has 0 radical (unpaired) electrons. The van der Waals surface area contributed by atoms with E-state index in [-0.39, 0.29) is 12.4 Å². The van der Waals surface area contributed by atoms with Crippen molar-refractivity contribution >= 4 is 12.4 Å². The van der Waals surface area contributed by atoms with Gasteiger partial charge in [0.25, 0.3) is 0 Å². The molecule has 31 heavy (non-hydrogen) atoms. The van der Waals surface area contributed by atoms with Crippen molar-refractivity contribution in [2.24, 2.45) is 0 Å². The maximum Gasteiger partial charge on any atom is 0.161 e. The maximum absolute atomic E-state index is 10.0. The molecule has 0 atom stereocenters. The van der Waals surface area contributed by atoms with Crippen LogP contribution in [-0.2, 0) is 11.8 Å². The topological polar surface area (TPSA) is 64.0 Å². The predicted molar refractivity (Wildman–Crippen MR) is 123 cm³/mol. The molecule has 0 amide bonds. The van der Waals surface area contributed by atoms with Gasteiger partial charge in [-0.05, 0) is 67.7 Å². The van der Waals surface area contributed by atoms with E-state index in [2.05, 4.69) is 17.0 Å². The first-order chi connectivity index (χ1) is 14.6. The van der Waals surface area contributed by atoms with Crippen molar-refractivity contribution in [3.05, 3.63) is 47.5 Å². The maximum atomic E-state index is 10.0. The number of hydrogen-bond donors (Lipinski definition) is 0. The second kappa shape index (κ2) is 11.1. The highest BCUT2D eigenvalue weighted by Gasteiger charge is 2.37. The zero-order valence-electron chi connectivity index (χ0n) is 18.6. The van der Waals surface area contributed by atoms with E-state index < -0.39 is 5.41 Å². The van der Waals surface area contributed by atoms with Gasteiger partial charge in [0.05, 0.1) is 39.9 Å². The average Bonchev–Trinajstić information content (AvgIpc) is 2.82. The summed E-state index contributed by atoms with van der Waals surface area (Å²) in [7, 11) is 6.54. The van der Waals surface area contributed by atoms with Gasteiger partial charge in [-0.2, -0.15) is 5.26 Å². The zero-order chi connectivity index (χ0) is 21.6. The number of methoxy groups -OCH3 is 4. The van der Waals surface area contributed by atoms with Crippen molar-refractivity contribution in [2.75, 3.05) is 48.1 Å². The molecule has 0 N–H and O–H groups in total. The van der Waals surface area contributed by atoms with Gasteiger partial charge in [0.2, 0.25) is 0 Å². The van der Waals surface area contributed by atoms with Gasteiger partial charge in [-0.15, -0.1) is 12.4 Å². The van der Waals surface area contributed by atoms with Crippen LogP contribution in [0, 0.1) is 11.3 Å². The minimum absolute atomic E-state index is 0. The van der Waals surface area contributed by atoms with E-state index in [9.17, 15) is 5.26 Å². The van der Waals surface area contributed by atoms with Gasteiger partial charge in [0.1, 0.15) is 0 Å². The summed E-state index contributed by atoms with van der Waals surface area (Å²) in [6, 6.07) is 14.5. The molecule has 0 bridgehead atoms. The number of nitriles is 1. The lowest BCUT2D eigenvalue weighted by molar-refractivity contribution is 0.187. The molecule has 2 aromatic carbocycles. The van der Waals surface area contributed by atoms with Gasteiger partial charge in [-0.3, -0.25) is 0 Å². The molecule has 168 valence electrons. The molecule has 0 unspecified atom stereocenters. The van der Waals surface area contributed by atoms with E-state index in [4.69, 9.17) is 18.9 Å². The van der Waals surface area contributed by atoms with Gasteiger partial charge in [-0.1, -0.05) is 12.1 Å². The lowest BCUT2D eigenvalue weighted by Crippen LogP contribution is -2.42. The summed E-state index contributed by atoms with van der Waals surface area (Å²) in [6.45, 7) is 2.72. The first-order valence-electron chi connectivity index (χ1n) is 10.2. The molecule has 1 saturated heterocycles. The molecular weight excluding hydrogens is 416 g/mol. The summed E-state index contributed by atoms with van der Waals surface area (Å²) in [5, 5.41) is 10.0. The number of halogens is 1. The van der Waals surface area contributed by atoms with Crippen LogP contribution in [0.4, 0.5) is 0 Å². The second-order valence-corrected chi connectivity index (χ2v) is 7.54. The number of likely N-dealkylation sites (tertiary alicyclic amines) is 1. The Kier molecular flexibility index (Phi) is 8.85. The molecule has 1 fully saturated rings. The highest BCUT2D eigenvalue weighted by atomic mass is 35.5. The summed E-state index contributed by atoms with van der Waals surface area (Å²) in [5.74, 6) is 2.85. The fourth-order valence-electron chi connectivity index (χ4n) is 4.08. The van der Waals surface area contributed by atoms with Crippen LogP contribution in [0.25, 0.3) is 0 Å². The monoisotopic (exact) mass is 446 g/mol. The van der Waals surface area contributed by atoms with Crippen LogP contribution >= 0.6 is 12.4 Å². The lowest BCUT2D eigenvalue weighted by Gasteiger charge is -2.37. The van der Waals surface area contributed by atoms with Crippen LogP contribution in [0.3, 0.4) is 0 Å². The fourth-order valence-corrected chi connectivity index (χ4v) is 4.08. The number of piperidine rings is 1. The SMILES string of the molecule is COc1ccc(CCN2CCC(C#N)(c3ccc(OC)c(OC)c3)CC2)cc1OC.Cl. The Balaban J connectivity index is 0.00000341. The Hall–Kier alpha value is -2.62. The second-order valence-electron chi connectivity index (χ2n) is 7.54. The van der Waals surface area contributed by atoms with Crippen molar-refractivity contribution in [2.45, 2.75) is 24.7 Å². The van der Waals surface area contributed by atoms with Crippen LogP contribution in [-0.4, -0.2) is 53.0 Å². The normalized spacial score (nSPS) is 15.3. The lowest BCUT2D eigenvalue weighted by atomic mass is 9.74. The summed E-state index contributed by atoms with van der Waals surface area (Å²) < 4.78 is 21.5. The molecule has 1 heterocycles. The van der Waals surface area contributed by atoms with E-state index in [0.29, 0.717) is 11.5 Å². The quantitative estimate of drug-likeness (QED) is 0.604. The van der Waals surface area contributed by atoms with Crippen molar-refractivity contribution in [3.8, 4) is 29.1 Å². The molecule has 0 spiro atoms. The van der Waals surface area contributed by atoms with E-state index in [1.165, 1.54) is 5.56 Å². The molecule has 0 aromatic heterocycles. The van der Waals surface area contributed by atoms with Crippen LogP contribution in [0.15, 0.2) is 36.4 Å². The van der Waals surface area contributed by atoms with Gasteiger partial charge in [0, 0.05) is 6.54 Å². The smallest absolute Gasteiger partial charge is 0.161 e. The van der Waals surface area contributed by atoms with Gasteiger partial charge >= 0.3 is 0 Å². The minimum atomic E-state index is -0.487. The van der Waals surface area contributed by atoms with E-state index in [1.807, 2.05) is 30.3 Å². The number of nitrogens with zero attached hydrogens (tertiary/aromatic N) is 2. The predicted octanol–water partition coefficient (Wildman–Crippen LogP) is 4.24. The van der Waals surface area contributed by atoms with Crippen LogP contribution in [0.1, 0.15) is 24.0 Å². The number of benzene rings is 2. The summed E-state index contributed by atoms with van der Waals surface area (Å²) in [4.78, 5) is 2.42. The third-order valence-corrected chi connectivity index (χ3v) is 6.02. The molecule has 0 saturated carbocycles. The third kappa shape index (κ3) is 5.36. The molecule has 1 aliphatic heterocycles. The Labute approximate surface area is 191 Å². The van der Waals surface area contributed by atoms with Gasteiger partial charge in [0.15, 0.2) is 23.0 Å². The Morgan fingerprint density at radius 3 is 1.94 bits per heavy atom. The molecule has 6 nitrogen and oxygen atoms in total. The Morgan fingerprint density at radius 2 is 1.39 bits per heavy atom. The zero-order valence-corrected chi connectivity index (χ0v) is 19.5. The first kappa shape index (κ1) is 24.6. The van der Waals surface area contributed by atoms with Crippen molar-refractivity contribution in [3.63, 3.8) is 0 Å². The van der Waals surface area contributed by atoms with Crippen LogP contribution < -0.4 is 18.9 Å². The highest BCUT2D eigenvalue weighted by Crippen LogP contribution is 2.39.